The van der Waals surface area contributed by atoms with Crippen molar-refractivity contribution in [3.8, 4) is 16.9 Å². The van der Waals surface area contributed by atoms with E-state index in [2.05, 4.69) is 6.58 Å². The fraction of sp³-hybridized carbons (Fsp3) is 0.517. The summed E-state index contributed by atoms with van der Waals surface area (Å²) in [5, 5.41) is 0. The number of halogens is 4. The van der Waals surface area contributed by atoms with Crippen molar-refractivity contribution in [2.75, 3.05) is 13.2 Å². The zero-order chi connectivity index (χ0) is 24.9. The van der Waals surface area contributed by atoms with Crippen LogP contribution in [0, 0.1) is 35.1 Å². The summed E-state index contributed by atoms with van der Waals surface area (Å²) in [5.41, 5.74) is -0.274. The Bertz CT molecular complexity index is 1020. The maximum absolute atomic E-state index is 15.1. The molecule has 0 bridgehead atoms. The maximum atomic E-state index is 15.1. The molecule has 4 rings (SSSR count). The van der Waals surface area contributed by atoms with E-state index in [0.29, 0.717) is 17.4 Å². The second-order valence-corrected chi connectivity index (χ2v) is 9.85. The number of rotatable bonds is 8. The fourth-order valence-corrected chi connectivity index (χ4v) is 5.57. The van der Waals surface area contributed by atoms with Gasteiger partial charge in [-0.25, -0.2) is 13.2 Å². The van der Waals surface area contributed by atoms with Gasteiger partial charge in [-0.2, -0.15) is 4.39 Å². The smallest absolute Gasteiger partial charge is 0.201 e. The van der Waals surface area contributed by atoms with Crippen LogP contribution < -0.4 is 4.74 Å². The Morgan fingerprint density at radius 3 is 2.09 bits per heavy atom. The highest BCUT2D eigenvalue weighted by atomic mass is 19.2. The molecule has 35 heavy (non-hydrogen) atoms. The van der Waals surface area contributed by atoms with Crippen LogP contribution in [0.1, 0.15) is 69.8 Å². The molecule has 1 saturated heterocycles. The molecule has 2 aliphatic rings. The molecule has 1 aliphatic carbocycles. The van der Waals surface area contributed by atoms with Crippen molar-refractivity contribution in [1.82, 2.24) is 0 Å². The van der Waals surface area contributed by atoms with Crippen LogP contribution in [0.25, 0.3) is 11.1 Å². The Hall–Kier alpha value is -2.34. The summed E-state index contributed by atoms with van der Waals surface area (Å²) in [6.07, 6.45) is 10.1. The first-order chi connectivity index (χ1) is 16.9. The number of hydrogen-bond donors (Lipinski definition) is 0. The van der Waals surface area contributed by atoms with Gasteiger partial charge in [0.2, 0.25) is 5.82 Å². The molecule has 190 valence electrons. The van der Waals surface area contributed by atoms with Gasteiger partial charge in [0.1, 0.15) is 0 Å². The third-order valence-electron chi connectivity index (χ3n) is 7.69. The highest BCUT2D eigenvalue weighted by Gasteiger charge is 2.28. The Labute approximate surface area is 205 Å². The minimum absolute atomic E-state index is 0.0666. The predicted octanol–water partition coefficient (Wildman–Crippen LogP) is 8.34. The van der Waals surface area contributed by atoms with Crippen LogP contribution in [-0.4, -0.2) is 19.3 Å². The first-order valence-electron chi connectivity index (χ1n) is 12.8. The Morgan fingerprint density at radius 2 is 1.46 bits per heavy atom. The highest BCUT2D eigenvalue weighted by molar-refractivity contribution is 5.66. The molecular formula is C29H34F4O2. The van der Waals surface area contributed by atoms with E-state index in [4.69, 9.17) is 9.47 Å². The van der Waals surface area contributed by atoms with Gasteiger partial charge >= 0.3 is 0 Å². The van der Waals surface area contributed by atoms with Gasteiger partial charge < -0.3 is 9.47 Å². The maximum Gasteiger partial charge on any atom is 0.201 e. The quantitative estimate of drug-likeness (QED) is 0.273. The zero-order valence-corrected chi connectivity index (χ0v) is 20.3. The summed E-state index contributed by atoms with van der Waals surface area (Å²) in [5.74, 6) is -3.67. The van der Waals surface area contributed by atoms with Gasteiger partial charge in [0, 0.05) is 11.1 Å². The normalized spacial score (nSPS) is 24.8. The lowest BCUT2D eigenvalue weighted by atomic mass is 9.76. The van der Waals surface area contributed by atoms with Gasteiger partial charge in [0.05, 0.1) is 19.3 Å². The topological polar surface area (TPSA) is 18.5 Å². The fourth-order valence-electron chi connectivity index (χ4n) is 5.57. The van der Waals surface area contributed by atoms with Crippen LogP contribution in [0.15, 0.2) is 36.9 Å². The van der Waals surface area contributed by atoms with Crippen molar-refractivity contribution < 1.29 is 27.0 Å². The lowest BCUT2D eigenvalue weighted by Gasteiger charge is -2.32. The van der Waals surface area contributed by atoms with E-state index >= 15 is 8.78 Å². The number of hydrogen-bond acceptors (Lipinski definition) is 2. The molecule has 2 aromatic rings. The molecule has 0 radical (unpaired) electrons. The van der Waals surface area contributed by atoms with Gasteiger partial charge in [-0.3, -0.25) is 0 Å². The predicted molar refractivity (Wildman–Crippen MR) is 129 cm³/mol. The largest absolute Gasteiger partial charge is 0.491 e. The third-order valence-corrected chi connectivity index (χ3v) is 7.69. The monoisotopic (exact) mass is 490 g/mol. The second kappa shape index (κ2) is 11.6. The molecule has 2 nitrogen and oxygen atoms in total. The minimum Gasteiger partial charge on any atom is -0.491 e. The first kappa shape index (κ1) is 25.7. The molecule has 0 aromatic heterocycles. The van der Waals surface area contributed by atoms with Gasteiger partial charge in [0.25, 0.3) is 0 Å². The molecule has 1 heterocycles. The van der Waals surface area contributed by atoms with Crippen LogP contribution in [-0.2, 0) is 4.74 Å². The van der Waals surface area contributed by atoms with Crippen molar-refractivity contribution in [3.05, 3.63) is 65.8 Å². The summed E-state index contributed by atoms with van der Waals surface area (Å²) in [7, 11) is 0. The molecule has 2 aromatic carbocycles. The second-order valence-electron chi connectivity index (χ2n) is 9.85. The summed E-state index contributed by atoms with van der Waals surface area (Å²) in [6, 6.07) is 5.35. The van der Waals surface area contributed by atoms with Gasteiger partial charge in [-0.05, 0) is 87.3 Å². The third kappa shape index (κ3) is 5.74. The SMILES string of the molecule is C=CC1CCC(CCC2CCC(c3ccc(-c4ccc(OCC)c(F)c4F)c(F)c3F)CC2)CO1. The van der Waals surface area contributed by atoms with Gasteiger partial charge in [-0.15, -0.1) is 6.58 Å². The average molecular weight is 491 g/mol. The van der Waals surface area contributed by atoms with E-state index in [1.807, 2.05) is 6.08 Å². The van der Waals surface area contributed by atoms with E-state index in [-0.39, 0.29) is 35.5 Å². The van der Waals surface area contributed by atoms with Crippen LogP contribution in [0.3, 0.4) is 0 Å². The molecule has 0 amide bonds. The summed E-state index contributed by atoms with van der Waals surface area (Å²) < 4.78 is 69.8. The van der Waals surface area contributed by atoms with Crippen LogP contribution in [0.5, 0.6) is 5.75 Å². The van der Waals surface area contributed by atoms with E-state index < -0.39 is 23.3 Å². The molecular weight excluding hydrogens is 456 g/mol. The van der Waals surface area contributed by atoms with E-state index in [9.17, 15) is 8.78 Å². The summed E-state index contributed by atoms with van der Waals surface area (Å²) in [4.78, 5) is 0. The molecule has 2 fully saturated rings. The van der Waals surface area contributed by atoms with Gasteiger partial charge in [-0.1, -0.05) is 24.6 Å². The van der Waals surface area contributed by atoms with E-state index in [1.165, 1.54) is 30.7 Å². The Kier molecular flexibility index (Phi) is 8.53. The standard InChI is InChI=1S/C29H34F4O2/c1-3-21-12-9-19(17-35-21)6-5-18-7-10-20(11-8-18)22-13-14-23(27(31)26(22)30)24-15-16-25(34-4-2)29(33)28(24)32/h3,13-16,18-21H,1,4-12,17H2,2H3. The van der Waals surface area contributed by atoms with Crippen molar-refractivity contribution in [2.45, 2.75) is 70.3 Å². The van der Waals surface area contributed by atoms with Crippen LogP contribution in [0.2, 0.25) is 0 Å². The molecule has 0 N–H and O–H groups in total. The first-order valence-corrected chi connectivity index (χ1v) is 12.8. The molecule has 0 spiro atoms. The number of ether oxygens (including phenoxy) is 2. The van der Waals surface area contributed by atoms with Crippen molar-refractivity contribution in [2.24, 2.45) is 11.8 Å². The average Bonchev–Trinajstić information content (AvgIpc) is 2.88. The van der Waals surface area contributed by atoms with E-state index in [1.54, 1.807) is 6.92 Å². The lowest BCUT2D eigenvalue weighted by molar-refractivity contribution is 0.00646. The summed E-state index contributed by atoms with van der Waals surface area (Å²) in [6.45, 7) is 6.41. The van der Waals surface area contributed by atoms with Crippen molar-refractivity contribution in [1.29, 1.82) is 0 Å². The Balaban J connectivity index is 1.37. The van der Waals surface area contributed by atoms with Crippen LogP contribution in [0.4, 0.5) is 17.6 Å². The van der Waals surface area contributed by atoms with E-state index in [0.717, 1.165) is 51.6 Å². The van der Waals surface area contributed by atoms with Crippen molar-refractivity contribution >= 4 is 0 Å². The van der Waals surface area contributed by atoms with Gasteiger partial charge in [0.15, 0.2) is 23.2 Å². The molecule has 1 saturated carbocycles. The molecule has 2 atom stereocenters. The minimum atomic E-state index is -1.24. The lowest BCUT2D eigenvalue weighted by Crippen LogP contribution is -2.25. The molecule has 1 aliphatic heterocycles. The van der Waals surface area contributed by atoms with Crippen LogP contribution >= 0.6 is 0 Å². The number of benzene rings is 2. The zero-order valence-electron chi connectivity index (χ0n) is 20.3. The summed E-state index contributed by atoms with van der Waals surface area (Å²) >= 11 is 0. The molecule has 2 unspecified atom stereocenters. The Morgan fingerprint density at radius 1 is 0.829 bits per heavy atom. The van der Waals surface area contributed by atoms with Crippen molar-refractivity contribution in [3.63, 3.8) is 0 Å². The highest BCUT2D eigenvalue weighted by Crippen LogP contribution is 2.41. The molecule has 6 heteroatoms.